The fourth-order valence-electron chi connectivity index (χ4n) is 1.90. The standard InChI is InChI=1S/C15H14Cl2FN/c1-10(8-11-2-4-12(18)5-3-11)19-13-6-7-14(16)15(17)9-13/h2-7,9-10,19H,8H2,1H3. The summed E-state index contributed by atoms with van der Waals surface area (Å²) in [5.41, 5.74) is 2.01. The normalized spacial score (nSPS) is 12.2. The van der Waals surface area contributed by atoms with Crippen LogP contribution >= 0.6 is 23.2 Å². The first-order valence-electron chi connectivity index (χ1n) is 6.00. The minimum atomic E-state index is -0.214. The van der Waals surface area contributed by atoms with E-state index < -0.39 is 0 Å². The third kappa shape index (κ3) is 4.12. The van der Waals surface area contributed by atoms with Gasteiger partial charge in [0, 0.05) is 11.7 Å². The minimum Gasteiger partial charge on any atom is -0.382 e. The van der Waals surface area contributed by atoms with Crippen LogP contribution in [0.25, 0.3) is 0 Å². The maximum atomic E-state index is 12.8. The van der Waals surface area contributed by atoms with E-state index in [1.54, 1.807) is 24.3 Å². The van der Waals surface area contributed by atoms with Crippen molar-refractivity contribution in [2.75, 3.05) is 5.32 Å². The van der Waals surface area contributed by atoms with Gasteiger partial charge in [-0.25, -0.2) is 4.39 Å². The van der Waals surface area contributed by atoms with Crippen molar-refractivity contribution in [3.05, 3.63) is 63.9 Å². The molecule has 0 amide bonds. The summed E-state index contributed by atoms with van der Waals surface area (Å²) in [6.07, 6.45) is 0.806. The van der Waals surface area contributed by atoms with E-state index in [-0.39, 0.29) is 11.9 Å². The molecule has 2 rings (SSSR count). The first-order chi connectivity index (χ1) is 9.04. The van der Waals surface area contributed by atoms with E-state index in [4.69, 9.17) is 23.2 Å². The third-order valence-corrected chi connectivity index (χ3v) is 3.53. The second kappa shape index (κ2) is 6.27. The molecule has 0 saturated carbocycles. The summed E-state index contributed by atoms with van der Waals surface area (Å²) in [5, 5.41) is 4.40. The molecule has 4 heteroatoms. The zero-order chi connectivity index (χ0) is 13.8. The summed E-state index contributed by atoms with van der Waals surface area (Å²) >= 11 is 11.8. The van der Waals surface area contributed by atoms with E-state index >= 15 is 0 Å². The Morgan fingerprint density at radius 2 is 1.74 bits per heavy atom. The highest BCUT2D eigenvalue weighted by Gasteiger charge is 2.05. The van der Waals surface area contributed by atoms with E-state index in [0.29, 0.717) is 10.0 Å². The first-order valence-corrected chi connectivity index (χ1v) is 6.76. The molecule has 0 aliphatic heterocycles. The monoisotopic (exact) mass is 297 g/mol. The summed E-state index contributed by atoms with van der Waals surface area (Å²) in [5.74, 6) is -0.214. The Kier molecular flexibility index (Phi) is 4.67. The lowest BCUT2D eigenvalue weighted by Crippen LogP contribution is -2.18. The summed E-state index contributed by atoms with van der Waals surface area (Å²) < 4.78 is 12.8. The van der Waals surface area contributed by atoms with Crippen molar-refractivity contribution in [1.82, 2.24) is 0 Å². The molecule has 1 atom stereocenters. The molecule has 1 N–H and O–H groups in total. The highest BCUT2D eigenvalue weighted by Crippen LogP contribution is 2.25. The second-order valence-electron chi connectivity index (χ2n) is 4.50. The van der Waals surface area contributed by atoms with Crippen molar-refractivity contribution in [2.45, 2.75) is 19.4 Å². The zero-order valence-corrected chi connectivity index (χ0v) is 12.0. The Balaban J connectivity index is 1.98. The number of rotatable bonds is 4. The topological polar surface area (TPSA) is 12.0 Å². The van der Waals surface area contributed by atoms with Crippen LogP contribution in [0.15, 0.2) is 42.5 Å². The number of hydrogen-bond acceptors (Lipinski definition) is 1. The van der Waals surface area contributed by atoms with Gasteiger partial charge in [0.1, 0.15) is 5.82 Å². The summed E-state index contributed by atoms with van der Waals surface area (Å²) in [6, 6.07) is 12.2. The van der Waals surface area contributed by atoms with Crippen molar-refractivity contribution in [2.24, 2.45) is 0 Å². The van der Waals surface area contributed by atoms with Gasteiger partial charge >= 0.3 is 0 Å². The summed E-state index contributed by atoms with van der Waals surface area (Å²) in [6.45, 7) is 2.06. The molecule has 2 aromatic rings. The maximum absolute atomic E-state index is 12.8. The number of nitrogens with one attached hydrogen (secondary N) is 1. The molecule has 0 fully saturated rings. The lowest BCUT2D eigenvalue weighted by atomic mass is 10.1. The van der Waals surface area contributed by atoms with Crippen LogP contribution in [0, 0.1) is 5.82 Å². The molecule has 0 bridgehead atoms. The van der Waals surface area contributed by atoms with E-state index in [2.05, 4.69) is 12.2 Å². The van der Waals surface area contributed by atoms with E-state index in [9.17, 15) is 4.39 Å². The quantitative estimate of drug-likeness (QED) is 0.820. The zero-order valence-electron chi connectivity index (χ0n) is 10.5. The average Bonchev–Trinajstić information content (AvgIpc) is 2.37. The SMILES string of the molecule is CC(Cc1ccc(F)cc1)Nc1ccc(Cl)c(Cl)c1. The van der Waals surface area contributed by atoms with Gasteiger partial charge < -0.3 is 5.32 Å². The second-order valence-corrected chi connectivity index (χ2v) is 5.32. The van der Waals surface area contributed by atoms with Crippen LogP contribution in [0.1, 0.15) is 12.5 Å². The number of anilines is 1. The Hall–Kier alpha value is -1.25. The lowest BCUT2D eigenvalue weighted by molar-refractivity contribution is 0.626. The molecule has 0 aromatic heterocycles. The van der Waals surface area contributed by atoms with Crippen molar-refractivity contribution in [3.8, 4) is 0 Å². The molecule has 0 heterocycles. The fraction of sp³-hybridized carbons (Fsp3) is 0.200. The van der Waals surface area contributed by atoms with Gasteiger partial charge in [0.15, 0.2) is 0 Å². The molecule has 2 aromatic carbocycles. The van der Waals surface area contributed by atoms with Gasteiger partial charge in [-0.2, -0.15) is 0 Å². The number of benzene rings is 2. The molecule has 0 aliphatic rings. The Labute approximate surface area is 122 Å². The Morgan fingerprint density at radius 1 is 1.05 bits per heavy atom. The van der Waals surface area contributed by atoms with Crippen molar-refractivity contribution >= 4 is 28.9 Å². The van der Waals surface area contributed by atoms with Crippen molar-refractivity contribution < 1.29 is 4.39 Å². The number of hydrogen-bond donors (Lipinski definition) is 1. The molecule has 1 unspecified atom stereocenters. The Morgan fingerprint density at radius 3 is 2.37 bits per heavy atom. The van der Waals surface area contributed by atoms with Crippen LogP contribution in [0.4, 0.5) is 10.1 Å². The predicted molar refractivity (Wildman–Crippen MR) is 79.7 cm³/mol. The molecule has 19 heavy (non-hydrogen) atoms. The van der Waals surface area contributed by atoms with Crippen LogP contribution in [0.5, 0.6) is 0 Å². The van der Waals surface area contributed by atoms with Gasteiger partial charge in [0.05, 0.1) is 10.0 Å². The highest BCUT2D eigenvalue weighted by molar-refractivity contribution is 6.42. The fourth-order valence-corrected chi connectivity index (χ4v) is 2.19. The van der Waals surface area contributed by atoms with Crippen molar-refractivity contribution in [1.29, 1.82) is 0 Å². The largest absolute Gasteiger partial charge is 0.382 e. The molecular weight excluding hydrogens is 284 g/mol. The molecular formula is C15H14Cl2FN. The Bertz CT molecular complexity index is 555. The molecule has 1 nitrogen and oxygen atoms in total. The van der Waals surface area contributed by atoms with Gasteiger partial charge in [0.25, 0.3) is 0 Å². The van der Waals surface area contributed by atoms with Crippen LogP contribution in [0.3, 0.4) is 0 Å². The molecule has 0 spiro atoms. The van der Waals surface area contributed by atoms with Gasteiger partial charge in [-0.15, -0.1) is 0 Å². The van der Waals surface area contributed by atoms with E-state index in [1.807, 2.05) is 6.07 Å². The van der Waals surface area contributed by atoms with Gasteiger partial charge in [-0.3, -0.25) is 0 Å². The van der Waals surface area contributed by atoms with Crippen LogP contribution in [0.2, 0.25) is 10.0 Å². The molecule has 100 valence electrons. The molecule has 0 aliphatic carbocycles. The number of halogens is 3. The van der Waals surface area contributed by atoms with Crippen LogP contribution in [-0.2, 0) is 6.42 Å². The van der Waals surface area contributed by atoms with E-state index in [1.165, 1.54) is 12.1 Å². The van der Waals surface area contributed by atoms with Crippen LogP contribution < -0.4 is 5.32 Å². The van der Waals surface area contributed by atoms with Crippen molar-refractivity contribution in [3.63, 3.8) is 0 Å². The first kappa shape index (κ1) is 14.2. The summed E-state index contributed by atoms with van der Waals surface area (Å²) in [7, 11) is 0. The van der Waals surface area contributed by atoms with Gasteiger partial charge in [0.2, 0.25) is 0 Å². The smallest absolute Gasteiger partial charge is 0.123 e. The third-order valence-electron chi connectivity index (χ3n) is 2.79. The van der Waals surface area contributed by atoms with Gasteiger partial charge in [-0.05, 0) is 49.2 Å². The lowest BCUT2D eigenvalue weighted by Gasteiger charge is -2.15. The van der Waals surface area contributed by atoms with Gasteiger partial charge in [-0.1, -0.05) is 35.3 Å². The minimum absolute atomic E-state index is 0.211. The highest BCUT2D eigenvalue weighted by atomic mass is 35.5. The molecule has 0 radical (unpaired) electrons. The average molecular weight is 298 g/mol. The van der Waals surface area contributed by atoms with E-state index in [0.717, 1.165) is 17.7 Å². The summed E-state index contributed by atoms with van der Waals surface area (Å²) in [4.78, 5) is 0. The predicted octanol–water partition coefficient (Wildman–Crippen LogP) is 5.18. The van der Waals surface area contributed by atoms with Crippen LogP contribution in [-0.4, -0.2) is 6.04 Å². The molecule has 0 saturated heterocycles. The maximum Gasteiger partial charge on any atom is 0.123 e.